The van der Waals surface area contributed by atoms with E-state index < -0.39 is 0 Å². The number of aryl methyl sites for hydroxylation is 2. The Morgan fingerprint density at radius 1 is 1.03 bits per heavy atom. The van der Waals surface area contributed by atoms with Gasteiger partial charge in [0.25, 0.3) is 0 Å². The smallest absolute Gasteiger partial charge is 0.161 e. The SMILES string of the molecule is Cc1cc(Cc2cc(C)[nH]n2)nc(-c2ccc(N3CC4CC(C3)N4Cc3cccc(C#N)c3)nc2)n1. The molecule has 1 N–H and O–H groups in total. The predicted octanol–water partition coefficient (Wildman–Crippen LogP) is 3.80. The van der Waals surface area contributed by atoms with Crippen LogP contribution in [0.1, 0.15) is 40.3 Å². The second kappa shape index (κ2) is 9.17. The first kappa shape index (κ1) is 22.4. The molecule has 3 fully saturated rings. The maximum Gasteiger partial charge on any atom is 0.161 e. The van der Waals surface area contributed by atoms with Gasteiger partial charge >= 0.3 is 0 Å². The van der Waals surface area contributed by atoms with Gasteiger partial charge in [-0.15, -0.1) is 0 Å². The number of piperidine rings is 1. The highest BCUT2D eigenvalue weighted by molar-refractivity contribution is 5.57. The van der Waals surface area contributed by atoms with Crippen molar-refractivity contribution in [2.24, 2.45) is 0 Å². The molecule has 0 amide bonds. The van der Waals surface area contributed by atoms with E-state index in [1.807, 2.05) is 50.4 Å². The molecule has 3 aromatic heterocycles. The Labute approximate surface area is 210 Å². The molecule has 0 aliphatic carbocycles. The topological polar surface area (TPSA) is 97.6 Å². The zero-order chi connectivity index (χ0) is 24.6. The summed E-state index contributed by atoms with van der Waals surface area (Å²) in [4.78, 5) is 19.2. The number of fused-ring (bicyclic) bond motifs is 2. The van der Waals surface area contributed by atoms with Gasteiger partial charge in [0.1, 0.15) is 5.82 Å². The molecule has 3 saturated heterocycles. The maximum absolute atomic E-state index is 9.18. The van der Waals surface area contributed by atoms with Crippen molar-refractivity contribution in [3.8, 4) is 17.5 Å². The first-order chi connectivity index (χ1) is 17.5. The highest BCUT2D eigenvalue weighted by Crippen LogP contribution is 2.35. The monoisotopic (exact) mass is 476 g/mol. The second-order valence-electron chi connectivity index (χ2n) is 9.88. The Kier molecular flexibility index (Phi) is 5.70. The molecular formula is C28H28N8. The fourth-order valence-corrected chi connectivity index (χ4v) is 5.39. The number of hydrogen-bond donors (Lipinski definition) is 1. The lowest BCUT2D eigenvalue weighted by molar-refractivity contribution is -0.00868. The maximum atomic E-state index is 9.18. The Balaban J connectivity index is 1.13. The minimum Gasteiger partial charge on any atom is -0.353 e. The van der Waals surface area contributed by atoms with Gasteiger partial charge in [0, 0.05) is 61.3 Å². The molecule has 0 radical (unpaired) electrons. The number of hydrogen-bond acceptors (Lipinski definition) is 7. The summed E-state index contributed by atoms with van der Waals surface area (Å²) in [5.74, 6) is 1.70. The van der Waals surface area contributed by atoms with Crippen molar-refractivity contribution in [3.05, 3.63) is 88.6 Å². The van der Waals surface area contributed by atoms with Crippen molar-refractivity contribution in [1.82, 2.24) is 30.0 Å². The molecule has 1 aromatic carbocycles. The molecule has 0 saturated carbocycles. The van der Waals surface area contributed by atoms with Crippen LogP contribution in [0.15, 0.2) is 54.7 Å². The van der Waals surface area contributed by atoms with Crippen LogP contribution in [0.25, 0.3) is 11.4 Å². The lowest BCUT2D eigenvalue weighted by Gasteiger charge is -2.56. The summed E-state index contributed by atoms with van der Waals surface area (Å²) in [7, 11) is 0. The van der Waals surface area contributed by atoms with E-state index in [4.69, 9.17) is 9.97 Å². The van der Waals surface area contributed by atoms with Crippen LogP contribution in [0.4, 0.5) is 5.82 Å². The molecule has 6 heterocycles. The normalized spacial score (nSPS) is 19.1. The Morgan fingerprint density at radius 3 is 2.61 bits per heavy atom. The number of aromatic nitrogens is 5. The molecular weight excluding hydrogens is 448 g/mol. The van der Waals surface area contributed by atoms with Gasteiger partial charge in [0.15, 0.2) is 5.82 Å². The van der Waals surface area contributed by atoms with Crippen LogP contribution in [-0.2, 0) is 13.0 Å². The van der Waals surface area contributed by atoms with Crippen molar-refractivity contribution in [1.29, 1.82) is 5.26 Å². The van der Waals surface area contributed by atoms with Crippen LogP contribution < -0.4 is 4.90 Å². The molecule has 4 aromatic rings. The van der Waals surface area contributed by atoms with Gasteiger partial charge in [-0.1, -0.05) is 12.1 Å². The molecule has 180 valence electrons. The second-order valence-corrected chi connectivity index (χ2v) is 9.88. The molecule has 7 rings (SSSR count). The molecule has 2 atom stereocenters. The van der Waals surface area contributed by atoms with Gasteiger partial charge in [-0.05, 0) is 62.2 Å². The van der Waals surface area contributed by atoms with Crippen LogP contribution in [0, 0.1) is 25.2 Å². The van der Waals surface area contributed by atoms with Crippen molar-refractivity contribution in [2.45, 2.75) is 45.3 Å². The molecule has 0 spiro atoms. The lowest BCUT2D eigenvalue weighted by atomic mass is 9.86. The minimum absolute atomic E-state index is 0.518. The summed E-state index contributed by atoms with van der Waals surface area (Å²) in [6, 6.07) is 19.4. The van der Waals surface area contributed by atoms with E-state index in [2.05, 4.69) is 49.2 Å². The van der Waals surface area contributed by atoms with Crippen molar-refractivity contribution >= 4 is 5.82 Å². The average molecular weight is 477 g/mol. The van der Waals surface area contributed by atoms with E-state index >= 15 is 0 Å². The molecule has 36 heavy (non-hydrogen) atoms. The Hall–Kier alpha value is -4.09. The van der Waals surface area contributed by atoms with E-state index in [-0.39, 0.29) is 0 Å². The number of piperazine rings is 1. The van der Waals surface area contributed by atoms with Gasteiger partial charge in [-0.25, -0.2) is 15.0 Å². The summed E-state index contributed by atoms with van der Waals surface area (Å²) in [5.41, 5.74) is 6.75. The molecule has 3 aliphatic rings. The van der Waals surface area contributed by atoms with Crippen LogP contribution in [0.5, 0.6) is 0 Å². The number of rotatable bonds is 6. The van der Waals surface area contributed by atoms with Gasteiger partial charge in [0.05, 0.1) is 23.0 Å². The third-order valence-corrected chi connectivity index (χ3v) is 7.12. The van der Waals surface area contributed by atoms with E-state index in [9.17, 15) is 5.26 Å². The number of nitriles is 1. The fraction of sp³-hybridized carbons (Fsp3) is 0.321. The number of aromatic amines is 1. The molecule has 8 nitrogen and oxygen atoms in total. The van der Waals surface area contributed by atoms with E-state index in [0.717, 1.165) is 59.4 Å². The van der Waals surface area contributed by atoms with Crippen molar-refractivity contribution in [3.63, 3.8) is 0 Å². The fourth-order valence-electron chi connectivity index (χ4n) is 5.39. The van der Waals surface area contributed by atoms with Crippen LogP contribution in [0.3, 0.4) is 0 Å². The lowest BCUT2D eigenvalue weighted by Crippen LogP contribution is -2.68. The molecule has 3 aliphatic heterocycles. The standard InChI is InChI=1S/C28H28N8/c1-18-8-23(11-24-9-19(2)33-34-24)32-28(31-18)22-6-7-27(30-14-22)35-16-25-12-26(17-35)36(25)15-21-5-3-4-20(10-21)13-29/h3-10,14,25-26H,11-12,15-17H2,1-2H3,(H,33,34). The Bertz CT molecular complexity index is 1420. The van der Waals surface area contributed by atoms with Crippen molar-refractivity contribution < 1.29 is 0 Å². The molecule has 8 heteroatoms. The summed E-state index contributed by atoms with van der Waals surface area (Å²) >= 11 is 0. The zero-order valence-corrected chi connectivity index (χ0v) is 20.5. The van der Waals surface area contributed by atoms with Crippen LogP contribution in [-0.4, -0.2) is 55.2 Å². The largest absolute Gasteiger partial charge is 0.353 e. The van der Waals surface area contributed by atoms with E-state index in [1.54, 1.807) is 0 Å². The number of H-pyrrole nitrogens is 1. The predicted molar refractivity (Wildman–Crippen MR) is 137 cm³/mol. The Morgan fingerprint density at radius 2 is 1.89 bits per heavy atom. The highest BCUT2D eigenvalue weighted by atomic mass is 15.4. The zero-order valence-electron chi connectivity index (χ0n) is 20.5. The number of pyridine rings is 1. The number of nitrogens with zero attached hydrogens (tertiary/aromatic N) is 7. The number of nitrogens with one attached hydrogen (secondary N) is 1. The number of anilines is 1. The van der Waals surface area contributed by atoms with Gasteiger partial charge in [-0.3, -0.25) is 10.00 Å². The van der Waals surface area contributed by atoms with Crippen molar-refractivity contribution in [2.75, 3.05) is 18.0 Å². The third kappa shape index (κ3) is 4.45. The van der Waals surface area contributed by atoms with Gasteiger partial charge < -0.3 is 4.90 Å². The molecule has 2 unspecified atom stereocenters. The first-order valence-corrected chi connectivity index (χ1v) is 12.4. The first-order valence-electron chi connectivity index (χ1n) is 12.4. The van der Waals surface area contributed by atoms with Gasteiger partial charge in [-0.2, -0.15) is 10.4 Å². The highest BCUT2D eigenvalue weighted by Gasteiger charge is 2.44. The van der Waals surface area contributed by atoms with Crippen LogP contribution in [0.2, 0.25) is 0 Å². The quantitative estimate of drug-likeness (QED) is 0.452. The number of benzene rings is 1. The average Bonchev–Trinajstić information content (AvgIpc) is 3.31. The summed E-state index contributed by atoms with van der Waals surface area (Å²) in [6.07, 6.45) is 3.78. The minimum atomic E-state index is 0.518. The van der Waals surface area contributed by atoms with E-state index in [1.165, 1.54) is 12.0 Å². The summed E-state index contributed by atoms with van der Waals surface area (Å²) in [6.45, 7) is 6.83. The third-order valence-electron chi connectivity index (χ3n) is 7.12. The van der Waals surface area contributed by atoms with Gasteiger partial charge in [0.2, 0.25) is 0 Å². The summed E-state index contributed by atoms with van der Waals surface area (Å²) < 4.78 is 0. The molecule has 2 bridgehead atoms. The van der Waals surface area contributed by atoms with E-state index in [0.29, 0.717) is 24.3 Å². The summed E-state index contributed by atoms with van der Waals surface area (Å²) in [5, 5.41) is 16.5. The van der Waals surface area contributed by atoms with Crippen LogP contribution >= 0.6 is 0 Å².